The number of nitrogens with one attached hydrogen (secondary N) is 1. The van der Waals surface area contributed by atoms with Crippen molar-refractivity contribution in [1.29, 1.82) is 0 Å². The largest absolute Gasteiger partial charge is 0.479 e. The van der Waals surface area contributed by atoms with Crippen molar-refractivity contribution in [1.82, 2.24) is 10.3 Å². The van der Waals surface area contributed by atoms with E-state index in [0.29, 0.717) is 18.9 Å². The van der Waals surface area contributed by atoms with Crippen LogP contribution in [0.4, 0.5) is 0 Å². The van der Waals surface area contributed by atoms with Gasteiger partial charge in [-0.3, -0.25) is 9.78 Å². The molecule has 5 nitrogen and oxygen atoms in total. The molecular weight excluding hydrogens is 288 g/mol. The number of amides is 1. The highest BCUT2D eigenvalue weighted by molar-refractivity contribution is 9.10. The van der Waals surface area contributed by atoms with Crippen molar-refractivity contribution in [3.05, 3.63) is 22.9 Å². The molecule has 1 aromatic rings. The standard InChI is InChI=1S/C11H15BrN2O3/c1-8(11(15)14-3-4-16-2)17-10-5-9(12)6-13-7-10/h5-8H,3-4H2,1-2H3,(H,14,15). The molecule has 0 fully saturated rings. The summed E-state index contributed by atoms with van der Waals surface area (Å²) in [6, 6.07) is 1.76. The van der Waals surface area contributed by atoms with Crippen LogP contribution in [-0.2, 0) is 9.53 Å². The minimum Gasteiger partial charge on any atom is -0.479 e. The minimum atomic E-state index is -0.567. The molecule has 0 bridgehead atoms. The highest BCUT2D eigenvalue weighted by atomic mass is 79.9. The fraction of sp³-hybridized carbons (Fsp3) is 0.455. The Bertz CT molecular complexity index is 373. The molecule has 1 heterocycles. The number of ether oxygens (including phenoxy) is 2. The Morgan fingerprint density at radius 1 is 1.59 bits per heavy atom. The Morgan fingerprint density at radius 2 is 2.35 bits per heavy atom. The maximum atomic E-state index is 11.6. The number of rotatable bonds is 6. The van der Waals surface area contributed by atoms with Gasteiger partial charge in [0.25, 0.3) is 5.91 Å². The summed E-state index contributed by atoms with van der Waals surface area (Å²) < 4.78 is 11.1. The van der Waals surface area contributed by atoms with Crippen LogP contribution in [-0.4, -0.2) is 37.3 Å². The summed E-state index contributed by atoms with van der Waals surface area (Å²) in [6.07, 6.45) is 2.64. The highest BCUT2D eigenvalue weighted by Crippen LogP contribution is 2.16. The molecule has 1 unspecified atom stereocenters. The maximum absolute atomic E-state index is 11.6. The van der Waals surface area contributed by atoms with Gasteiger partial charge < -0.3 is 14.8 Å². The van der Waals surface area contributed by atoms with Crippen molar-refractivity contribution in [3.63, 3.8) is 0 Å². The van der Waals surface area contributed by atoms with Crippen LogP contribution in [0.1, 0.15) is 6.92 Å². The second-order valence-electron chi connectivity index (χ2n) is 3.38. The first-order chi connectivity index (χ1) is 8.13. The van der Waals surface area contributed by atoms with E-state index >= 15 is 0 Å². The lowest BCUT2D eigenvalue weighted by Gasteiger charge is -2.14. The topological polar surface area (TPSA) is 60.5 Å². The van der Waals surface area contributed by atoms with E-state index in [9.17, 15) is 4.79 Å². The summed E-state index contributed by atoms with van der Waals surface area (Å²) in [5.74, 6) is 0.371. The van der Waals surface area contributed by atoms with Crippen LogP contribution >= 0.6 is 15.9 Å². The SMILES string of the molecule is COCCNC(=O)C(C)Oc1cncc(Br)c1. The van der Waals surface area contributed by atoms with Crippen LogP contribution in [0, 0.1) is 0 Å². The molecule has 1 amide bonds. The number of carbonyl (C=O) groups is 1. The van der Waals surface area contributed by atoms with E-state index in [-0.39, 0.29) is 5.91 Å². The maximum Gasteiger partial charge on any atom is 0.260 e. The van der Waals surface area contributed by atoms with Gasteiger partial charge in [0.15, 0.2) is 6.10 Å². The second-order valence-corrected chi connectivity index (χ2v) is 4.30. The number of hydrogen-bond acceptors (Lipinski definition) is 4. The number of halogens is 1. The molecular formula is C11H15BrN2O3. The summed E-state index contributed by atoms with van der Waals surface area (Å²) in [6.45, 7) is 2.64. The molecule has 0 aliphatic carbocycles. The number of pyridine rings is 1. The summed E-state index contributed by atoms with van der Waals surface area (Å²) in [5.41, 5.74) is 0. The molecule has 0 radical (unpaired) electrons. The lowest BCUT2D eigenvalue weighted by molar-refractivity contribution is -0.127. The zero-order chi connectivity index (χ0) is 12.7. The van der Waals surface area contributed by atoms with Gasteiger partial charge in [-0.05, 0) is 28.9 Å². The molecule has 94 valence electrons. The first-order valence-corrected chi connectivity index (χ1v) is 5.96. The number of methoxy groups -OCH3 is 1. The lowest BCUT2D eigenvalue weighted by atomic mass is 10.3. The molecule has 1 aromatic heterocycles. The van der Waals surface area contributed by atoms with E-state index in [4.69, 9.17) is 9.47 Å². The number of aromatic nitrogens is 1. The van der Waals surface area contributed by atoms with Gasteiger partial charge in [-0.1, -0.05) is 0 Å². The number of nitrogens with zero attached hydrogens (tertiary/aromatic N) is 1. The van der Waals surface area contributed by atoms with Crippen molar-refractivity contribution >= 4 is 21.8 Å². The van der Waals surface area contributed by atoms with Gasteiger partial charge in [0.1, 0.15) is 5.75 Å². The Morgan fingerprint density at radius 3 is 3.00 bits per heavy atom. The van der Waals surface area contributed by atoms with Crippen LogP contribution in [0.25, 0.3) is 0 Å². The zero-order valence-electron chi connectivity index (χ0n) is 9.77. The molecule has 0 spiro atoms. The predicted octanol–water partition coefficient (Wildman–Crippen LogP) is 1.37. The minimum absolute atomic E-state index is 0.179. The third-order valence-corrected chi connectivity index (χ3v) is 2.40. The van der Waals surface area contributed by atoms with Gasteiger partial charge in [0.05, 0.1) is 12.8 Å². The van der Waals surface area contributed by atoms with Gasteiger partial charge in [0.2, 0.25) is 0 Å². The molecule has 0 aliphatic rings. The molecule has 1 rings (SSSR count). The fourth-order valence-corrected chi connectivity index (χ4v) is 1.48. The first-order valence-electron chi connectivity index (χ1n) is 5.17. The molecule has 0 aromatic carbocycles. The summed E-state index contributed by atoms with van der Waals surface area (Å²) in [7, 11) is 1.58. The average molecular weight is 303 g/mol. The summed E-state index contributed by atoms with van der Waals surface area (Å²) >= 11 is 3.28. The van der Waals surface area contributed by atoms with Gasteiger partial charge >= 0.3 is 0 Å². The van der Waals surface area contributed by atoms with Gasteiger partial charge in [-0.15, -0.1) is 0 Å². The molecule has 6 heteroatoms. The Kier molecular flexibility index (Phi) is 5.93. The average Bonchev–Trinajstić information content (AvgIpc) is 2.29. The van der Waals surface area contributed by atoms with E-state index in [2.05, 4.69) is 26.2 Å². The van der Waals surface area contributed by atoms with E-state index in [1.807, 2.05) is 0 Å². The lowest BCUT2D eigenvalue weighted by Crippen LogP contribution is -2.37. The first kappa shape index (κ1) is 13.9. The van der Waals surface area contributed by atoms with Crippen molar-refractivity contribution in [2.75, 3.05) is 20.3 Å². The monoisotopic (exact) mass is 302 g/mol. The molecule has 17 heavy (non-hydrogen) atoms. The quantitative estimate of drug-likeness (QED) is 0.807. The number of hydrogen-bond donors (Lipinski definition) is 1. The van der Waals surface area contributed by atoms with Gasteiger partial charge in [0, 0.05) is 24.3 Å². The number of carbonyl (C=O) groups excluding carboxylic acids is 1. The Labute approximate surface area is 109 Å². The van der Waals surface area contributed by atoms with E-state index in [1.54, 1.807) is 32.5 Å². The van der Waals surface area contributed by atoms with E-state index in [1.165, 1.54) is 0 Å². The third-order valence-electron chi connectivity index (χ3n) is 1.97. The normalized spacial score (nSPS) is 11.9. The fourth-order valence-electron chi connectivity index (χ4n) is 1.13. The highest BCUT2D eigenvalue weighted by Gasteiger charge is 2.14. The van der Waals surface area contributed by atoms with Crippen LogP contribution in [0.2, 0.25) is 0 Å². The van der Waals surface area contributed by atoms with Crippen molar-refractivity contribution in [3.8, 4) is 5.75 Å². The summed E-state index contributed by atoms with van der Waals surface area (Å²) in [4.78, 5) is 15.5. The van der Waals surface area contributed by atoms with Gasteiger partial charge in [-0.25, -0.2) is 0 Å². The van der Waals surface area contributed by atoms with E-state index < -0.39 is 6.10 Å². The van der Waals surface area contributed by atoms with Crippen molar-refractivity contribution < 1.29 is 14.3 Å². The van der Waals surface area contributed by atoms with Crippen molar-refractivity contribution in [2.45, 2.75) is 13.0 Å². The smallest absolute Gasteiger partial charge is 0.260 e. The van der Waals surface area contributed by atoms with Gasteiger partial charge in [-0.2, -0.15) is 0 Å². The summed E-state index contributed by atoms with van der Waals surface area (Å²) in [5, 5.41) is 2.70. The Hall–Kier alpha value is -1.14. The second kappa shape index (κ2) is 7.24. The van der Waals surface area contributed by atoms with Crippen LogP contribution in [0.3, 0.4) is 0 Å². The molecule has 0 saturated heterocycles. The van der Waals surface area contributed by atoms with Crippen LogP contribution in [0.15, 0.2) is 22.9 Å². The Balaban J connectivity index is 2.43. The van der Waals surface area contributed by atoms with Crippen LogP contribution in [0.5, 0.6) is 5.75 Å². The van der Waals surface area contributed by atoms with E-state index in [0.717, 1.165) is 4.47 Å². The predicted molar refractivity (Wildman–Crippen MR) is 66.9 cm³/mol. The zero-order valence-corrected chi connectivity index (χ0v) is 11.4. The molecule has 1 atom stereocenters. The van der Waals surface area contributed by atoms with Crippen molar-refractivity contribution in [2.24, 2.45) is 0 Å². The van der Waals surface area contributed by atoms with Crippen LogP contribution < -0.4 is 10.1 Å². The third kappa shape index (κ3) is 5.14. The molecule has 0 aliphatic heterocycles. The molecule has 0 saturated carbocycles. The molecule has 1 N–H and O–H groups in total.